The second-order valence-corrected chi connectivity index (χ2v) is 3.02. The minimum atomic E-state index is -0.0399. The monoisotopic (exact) mass is 124 g/mol. The average molecular weight is 124 g/mol. The Hall–Kier alpha value is -0.590. The number of hydrogen-bond acceptors (Lipinski definition) is 1. The van der Waals surface area contributed by atoms with Crippen LogP contribution in [0.25, 0.3) is 0 Å². The van der Waals surface area contributed by atoms with Crippen molar-refractivity contribution in [3.8, 4) is 0 Å². The number of carbonyl (C=O) groups excluding carboxylic acids is 1. The molecule has 0 heterocycles. The Balaban J connectivity index is 2.62. The van der Waals surface area contributed by atoms with Gasteiger partial charge in [0.1, 0.15) is 5.78 Å². The summed E-state index contributed by atoms with van der Waals surface area (Å²) in [6.45, 7) is 7.31. The number of allylic oxidation sites excluding steroid dienone is 1. The van der Waals surface area contributed by atoms with Crippen LogP contribution in [0.2, 0.25) is 0 Å². The second-order valence-electron chi connectivity index (χ2n) is 3.02. The molecule has 1 unspecified atom stereocenters. The van der Waals surface area contributed by atoms with Crippen molar-refractivity contribution in [2.75, 3.05) is 0 Å². The zero-order valence-electron chi connectivity index (χ0n) is 5.98. The van der Waals surface area contributed by atoms with Crippen LogP contribution in [0.5, 0.6) is 0 Å². The number of ketones is 1. The molecule has 1 aliphatic rings. The summed E-state index contributed by atoms with van der Waals surface area (Å²) in [4.78, 5) is 10.8. The lowest BCUT2D eigenvalue weighted by Gasteiger charge is -2.00. The van der Waals surface area contributed by atoms with Crippen molar-refractivity contribution in [1.82, 2.24) is 0 Å². The van der Waals surface area contributed by atoms with Crippen molar-refractivity contribution >= 4 is 5.78 Å². The molecule has 0 aliphatic heterocycles. The lowest BCUT2D eigenvalue weighted by Crippen LogP contribution is -2.08. The summed E-state index contributed by atoms with van der Waals surface area (Å²) in [6.07, 6.45) is 2.88. The van der Waals surface area contributed by atoms with Crippen LogP contribution in [0.1, 0.15) is 20.3 Å². The SMILES string of the molecule is C=C[C@@H]1CC1(C)C(C)=O. The van der Waals surface area contributed by atoms with Crippen LogP contribution in [-0.2, 0) is 4.79 Å². The van der Waals surface area contributed by atoms with Crippen molar-refractivity contribution in [2.45, 2.75) is 20.3 Å². The van der Waals surface area contributed by atoms with Gasteiger partial charge in [-0.3, -0.25) is 4.79 Å². The molecule has 1 heteroatoms. The van der Waals surface area contributed by atoms with Gasteiger partial charge in [-0.25, -0.2) is 0 Å². The summed E-state index contributed by atoms with van der Waals surface area (Å²) in [5.41, 5.74) is -0.0399. The van der Waals surface area contributed by atoms with Crippen molar-refractivity contribution in [2.24, 2.45) is 11.3 Å². The molecule has 1 aliphatic carbocycles. The lowest BCUT2D eigenvalue weighted by atomic mass is 10.0. The van der Waals surface area contributed by atoms with E-state index in [0.29, 0.717) is 11.7 Å². The van der Waals surface area contributed by atoms with Crippen molar-refractivity contribution in [3.63, 3.8) is 0 Å². The first-order valence-electron chi connectivity index (χ1n) is 3.25. The highest BCUT2D eigenvalue weighted by atomic mass is 16.1. The molecule has 1 rings (SSSR count). The molecule has 0 amide bonds. The van der Waals surface area contributed by atoms with Gasteiger partial charge in [0.2, 0.25) is 0 Å². The van der Waals surface area contributed by atoms with E-state index in [1.165, 1.54) is 0 Å². The van der Waals surface area contributed by atoms with Crippen LogP contribution in [0.3, 0.4) is 0 Å². The fourth-order valence-electron chi connectivity index (χ4n) is 1.15. The van der Waals surface area contributed by atoms with Gasteiger partial charge in [-0.05, 0) is 19.3 Å². The van der Waals surface area contributed by atoms with E-state index in [1.54, 1.807) is 6.92 Å². The summed E-state index contributed by atoms with van der Waals surface area (Å²) in [5, 5.41) is 0. The zero-order valence-corrected chi connectivity index (χ0v) is 5.98. The Morgan fingerprint density at radius 3 is 2.56 bits per heavy atom. The van der Waals surface area contributed by atoms with Crippen molar-refractivity contribution in [3.05, 3.63) is 12.7 Å². The van der Waals surface area contributed by atoms with Crippen LogP contribution in [0, 0.1) is 11.3 Å². The third-order valence-corrected chi connectivity index (χ3v) is 2.39. The topological polar surface area (TPSA) is 17.1 Å². The molecule has 0 saturated heterocycles. The highest BCUT2D eigenvalue weighted by Gasteiger charge is 2.51. The molecule has 0 spiro atoms. The zero-order chi connectivity index (χ0) is 7.07. The Labute approximate surface area is 55.8 Å². The molecule has 1 nitrogen and oxygen atoms in total. The number of carbonyl (C=O) groups is 1. The quantitative estimate of drug-likeness (QED) is 0.513. The number of hydrogen-bond donors (Lipinski definition) is 0. The van der Waals surface area contributed by atoms with Crippen molar-refractivity contribution < 1.29 is 4.79 Å². The third-order valence-electron chi connectivity index (χ3n) is 2.39. The normalized spacial score (nSPS) is 40.0. The summed E-state index contributed by atoms with van der Waals surface area (Å²) in [7, 11) is 0. The maximum atomic E-state index is 10.8. The van der Waals surface area contributed by atoms with E-state index in [-0.39, 0.29) is 5.41 Å². The first-order valence-corrected chi connectivity index (χ1v) is 3.25. The molecule has 0 aromatic heterocycles. The summed E-state index contributed by atoms with van der Waals surface area (Å²) in [6, 6.07) is 0. The predicted octanol–water partition coefficient (Wildman–Crippen LogP) is 1.79. The van der Waals surface area contributed by atoms with E-state index < -0.39 is 0 Å². The Morgan fingerprint density at radius 2 is 2.44 bits per heavy atom. The van der Waals surface area contributed by atoms with E-state index in [9.17, 15) is 4.79 Å². The fraction of sp³-hybridized carbons (Fsp3) is 0.625. The standard InChI is InChI=1S/C8H12O/c1-4-7-5-8(7,3)6(2)9/h4,7H,1,5H2,2-3H3/t7-,8?/m1/s1. The van der Waals surface area contributed by atoms with Gasteiger partial charge in [-0.1, -0.05) is 13.0 Å². The fourth-order valence-corrected chi connectivity index (χ4v) is 1.15. The van der Waals surface area contributed by atoms with Crippen LogP contribution in [-0.4, -0.2) is 5.78 Å². The smallest absolute Gasteiger partial charge is 0.136 e. The molecule has 9 heavy (non-hydrogen) atoms. The Bertz CT molecular complexity index is 160. The van der Waals surface area contributed by atoms with Gasteiger partial charge in [0.15, 0.2) is 0 Å². The van der Waals surface area contributed by atoms with E-state index in [1.807, 2.05) is 13.0 Å². The van der Waals surface area contributed by atoms with E-state index in [2.05, 4.69) is 6.58 Å². The average Bonchev–Trinajstić information content (AvgIpc) is 2.44. The Morgan fingerprint density at radius 1 is 1.89 bits per heavy atom. The highest BCUT2D eigenvalue weighted by Crippen LogP contribution is 2.53. The van der Waals surface area contributed by atoms with Crippen molar-refractivity contribution in [1.29, 1.82) is 0 Å². The van der Waals surface area contributed by atoms with Crippen LogP contribution in [0.15, 0.2) is 12.7 Å². The Kier molecular flexibility index (Phi) is 1.23. The third kappa shape index (κ3) is 0.805. The number of rotatable bonds is 2. The molecule has 0 aromatic carbocycles. The molecule has 0 aromatic rings. The maximum absolute atomic E-state index is 10.8. The molecule has 0 N–H and O–H groups in total. The number of Topliss-reactive ketones (excluding diaryl/α,β-unsaturated/α-hetero) is 1. The van der Waals surface area contributed by atoms with Gasteiger partial charge < -0.3 is 0 Å². The highest BCUT2D eigenvalue weighted by molar-refractivity contribution is 5.85. The molecule has 1 saturated carbocycles. The van der Waals surface area contributed by atoms with E-state index in [0.717, 1.165) is 6.42 Å². The lowest BCUT2D eigenvalue weighted by molar-refractivity contribution is -0.121. The summed E-state index contributed by atoms with van der Waals surface area (Å²) < 4.78 is 0. The molecule has 0 bridgehead atoms. The van der Waals surface area contributed by atoms with Crippen LogP contribution < -0.4 is 0 Å². The minimum Gasteiger partial charge on any atom is -0.299 e. The van der Waals surface area contributed by atoms with E-state index in [4.69, 9.17) is 0 Å². The molecule has 0 radical (unpaired) electrons. The predicted molar refractivity (Wildman–Crippen MR) is 37.1 cm³/mol. The molecule has 1 fully saturated rings. The first-order chi connectivity index (χ1) is 4.11. The summed E-state index contributed by atoms with van der Waals surface area (Å²) >= 11 is 0. The largest absolute Gasteiger partial charge is 0.299 e. The van der Waals surface area contributed by atoms with E-state index >= 15 is 0 Å². The van der Waals surface area contributed by atoms with Crippen LogP contribution >= 0.6 is 0 Å². The molecule has 2 atom stereocenters. The first kappa shape index (κ1) is 6.53. The molecular formula is C8H12O. The van der Waals surface area contributed by atoms with Gasteiger partial charge in [0.05, 0.1) is 0 Å². The maximum Gasteiger partial charge on any atom is 0.136 e. The minimum absolute atomic E-state index is 0.0399. The van der Waals surface area contributed by atoms with Gasteiger partial charge in [0.25, 0.3) is 0 Å². The van der Waals surface area contributed by atoms with Gasteiger partial charge in [-0.15, -0.1) is 6.58 Å². The van der Waals surface area contributed by atoms with Gasteiger partial charge in [-0.2, -0.15) is 0 Å². The van der Waals surface area contributed by atoms with Gasteiger partial charge in [0, 0.05) is 5.41 Å². The second kappa shape index (κ2) is 1.69. The molecular weight excluding hydrogens is 112 g/mol. The molecule has 50 valence electrons. The summed E-state index contributed by atoms with van der Waals surface area (Å²) in [5.74, 6) is 0.752. The van der Waals surface area contributed by atoms with Gasteiger partial charge >= 0.3 is 0 Å². The van der Waals surface area contributed by atoms with Crippen LogP contribution in [0.4, 0.5) is 0 Å².